The Kier molecular flexibility index (Phi) is 5.68. The third kappa shape index (κ3) is 4.19. The van der Waals surface area contributed by atoms with Crippen LogP contribution in [0, 0.1) is 5.92 Å². The van der Waals surface area contributed by atoms with Crippen LogP contribution < -0.4 is 10.6 Å². The molecule has 6 heteroatoms. The number of piperidine rings is 1. The van der Waals surface area contributed by atoms with E-state index in [2.05, 4.69) is 27.5 Å². The highest BCUT2D eigenvalue weighted by Gasteiger charge is 2.35. The van der Waals surface area contributed by atoms with Crippen molar-refractivity contribution in [1.29, 1.82) is 0 Å². The molecule has 0 aliphatic carbocycles. The maximum absolute atomic E-state index is 12.3. The molecule has 1 amide bonds. The van der Waals surface area contributed by atoms with Crippen molar-refractivity contribution in [2.45, 2.75) is 31.3 Å². The molecule has 0 unspecified atom stereocenters. The van der Waals surface area contributed by atoms with Gasteiger partial charge in [0.25, 0.3) is 0 Å². The molecular weight excluding hydrogens is 280 g/mol. The molecule has 6 nitrogen and oxygen atoms in total. The first-order chi connectivity index (χ1) is 10.7. The van der Waals surface area contributed by atoms with Crippen LogP contribution in [0.25, 0.3) is 0 Å². The van der Waals surface area contributed by atoms with Crippen LogP contribution in [0.3, 0.4) is 0 Å². The number of hydrogen-bond acceptors (Lipinski definition) is 5. The second kappa shape index (κ2) is 7.73. The van der Waals surface area contributed by atoms with Gasteiger partial charge in [0.15, 0.2) is 0 Å². The smallest absolute Gasteiger partial charge is 0.220 e. The standard InChI is InChI=1S/C16H30N4O2/c1-19-6-8-20(9-7-19)15-12-22-11-14(15)18-16(21)10-13-2-4-17-5-3-13/h13-15,17H,2-12H2,1H3,(H,18,21)/t14-,15-/m0/s1. The van der Waals surface area contributed by atoms with Crippen molar-refractivity contribution in [3.8, 4) is 0 Å². The Bertz CT molecular complexity index is 365. The number of nitrogens with zero attached hydrogens (tertiary/aromatic N) is 2. The fourth-order valence-electron chi connectivity index (χ4n) is 3.81. The lowest BCUT2D eigenvalue weighted by molar-refractivity contribution is -0.123. The van der Waals surface area contributed by atoms with Gasteiger partial charge in [-0.25, -0.2) is 0 Å². The largest absolute Gasteiger partial charge is 0.378 e. The molecule has 0 saturated carbocycles. The average molecular weight is 310 g/mol. The Hall–Kier alpha value is -0.690. The minimum absolute atomic E-state index is 0.164. The monoisotopic (exact) mass is 310 g/mol. The summed E-state index contributed by atoms with van der Waals surface area (Å²) in [5.41, 5.74) is 0. The molecule has 0 aromatic heterocycles. The molecule has 2 N–H and O–H groups in total. The van der Waals surface area contributed by atoms with Crippen LogP contribution in [0.5, 0.6) is 0 Å². The summed E-state index contributed by atoms with van der Waals surface area (Å²) >= 11 is 0. The quantitative estimate of drug-likeness (QED) is 0.734. The number of hydrogen-bond donors (Lipinski definition) is 2. The average Bonchev–Trinajstić information content (AvgIpc) is 2.97. The number of rotatable bonds is 4. The molecular formula is C16H30N4O2. The minimum Gasteiger partial charge on any atom is -0.378 e. The number of carbonyl (C=O) groups excluding carboxylic acids is 1. The molecule has 0 radical (unpaired) electrons. The first-order valence-electron chi connectivity index (χ1n) is 8.73. The second-order valence-electron chi connectivity index (χ2n) is 7.02. The summed E-state index contributed by atoms with van der Waals surface area (Å²) in [6, 6.07) is 0.517. The highest BCUT2D eigenvalue weighted by atomic mass is 16.5. The van der Waals surface area contributed by atoms with Gasteiger partial charge in [-0.2, -0.15) is 0 Å². The van der Waals surface area contributed by atoms with E-state index in [0.29, 0.717) is 25.0 Å². The van der Waals surface area contributed by atoms with Crippen LogP contribution in [0.1, 0.15) is 19.3 Å². The Labute approximate surface area is 133 Å². The molecule has 3 fully saturated rings. The third-order valence-electron chi connectivity index (χ3n) is 5.34. The Morgan fingerprint density at radius 3 is 2.64 bits per heavy atom. The minimum atomic E-state index is 0.164. The summed E-state index contributed by atoms with van der Waals surface area (Å²) in [4.78, 5) is 17.2. The molecule has 0 aromatic carbocycles. The molecule has 2 atom stereocenters. The van der Waals surface area contributed by atoms with Crippen LogP contribution >= 0.6 is 0 Å². The highest BCUT2D eigenvalue weighted by Crippen LogP contribution is 2.18. The van der Waals surface area contributed by atoms with Gasteiger partial charge in [-0.3, -0.25) is 9.69 Å². The van der Waals surface area contributed by atoms with Crippen molar-refractivity contribution in [2.75, 3.05) is 59.5 Å². The van der Waals surface area contributed by atoms with Gasteiger partial charge in [-0.05, 0) is 38.9 Å². The van der Waals surface area contributed by atoms with E-state index >= 15 is 0 Å². The number of nitrogens with one attached hydrogen (secondary N) is 2. The Morgan fingerprint density at radius 1 is 1.18 bits per heavy atom. The molecule has 3 aliphatic heterocycles. The molecule has 0 bridgehead atoms. The highest BCUT2D eigenvalue weighted by molar-refractivity contribution is 5.76. The normalized spacial score (nSPS) is 32.2. The predicted octanol–water partition coefficient (Wildman–Crippen LogP) is -0.493. The molecule has 3 saturated heterocycles. The lowest BCUT2D eigenvalue weighted by atomic mass is 9.94. The zero-order chi connectivity index (χ0) is 15.4. The van der Waals surface area contributed by atoms with E-state index in [-0.39, 0.29) is 11.9 Å². The number of ether oxygens (including phenoxy) is 1. The van der Waals surface area contributed by atoms with E-state index in [1.165, 1.54) is 0 Å². The maximum atomic E-state index is 12.3. The molecule has 3 heterocycles. The fraction of sp³-hybridized carbons (Fsp3) is 0.938. The van der Waals surface area contributed by atoms with E-state index < -0.39 is 0 Å². The van der Waals surface area contributed by atoms with Gasteiger partial charge in [0.2, 0.25) is 5.91 Å². The van der Waals surface area contributed by atoms with E-state index in [1.807, 2.05) is 0 Å². The number of carbonyl (C=O) groups is 1. The van der Waals surface area contributed by atoms with Gasteiger partial charge in [0.05, 0.1) is 25.3 Å². The summed E-state index contributed by atoms with van der Waals surface area (Å²) in [6.07, 6.45) is 2.92. The maximum Gasteiger partial charge on any atom is 0.220 e. The van der Waals surface area contributed by atoms with Crippen LogP contribution in [0.15, 0.2) is 0 Å². The van der Waals surface area contributed by atoms with Gasteiger partial charge in [-0.1, -0.05) is 0 Å². The summed E-state index contributed by atoms with van der Waals surface area (Å²) in [6.45, 7) is 7.87. The lowest BCUT2D eigenvalue weighted by Gasteiger charge is -2.38. The van der Waals surface area contributed by atoms with Crippen LogP contribution in [-0.2, 0) is 9.53 Å². The number of likely N-dealkylation sites (N-methyl/N-ethyl adjacent to an activating group) is 1. The van der Waals surface area contributed by atoms with Gasteiger partial charge in [0, 0.05) is 32.6 Å². The van der Waals surface area contributed by atoms with E-state index in [9.17, 15) is 4.79 Å². The van der Waals surface area contributed by atoms with Gasteiger partial charge >= 0.3 is 0 Å². The van der Waals surface area contributed by atoms with Crippen molar-refractivity contribution < 1.29 is 9.53 Å². The molecule has 3 rings (SSSR count). The molecule has 0 spiro atoms. The third-order valence-corrected chi connectivity index (χ3v) is 5.34. The predicted molar refractivity (Wildman–Crippen MR) is 85.8 cm³/mol. The number of amides is 1. The first kappa shape index (κ1) is 16.2. The van der Waals surface area contributed by atoms with Gasteiger partial charge in [0.1, 0.15) is 0 Å². The van der Waals surface area contributed by atoms with Crippen LogP contribution in [-0.4, -0.2) is 87.3 Å². The zero-order valence-electron chi connectivity index (χ0n) is 13.7. The van der Waals surface area contributed by atoms with Crippen molar-refractivity contribution in [3.05, 3.63) is 0 Å². The van der Waals surface area contributed by atoms with Crippen LogP contribution in [0.4, 0.5) is 0 Å². The van der Waals surface area contributed by atoms with E-state index in [4.69, 9.17) is 4.74 Å². The summed E-state index contributed by atoms with van der Waals surface area (Å²) in [5.74, 6) is 0.757. The van der Waals surface area contributed by atoms with Crippen molar-refractivity contribution >= 4 is 5.91 Å². The summed E-state index contributed by atoms with van der Waals surface area (Å²) in [5, 5.41) is 6.60. The van der Waals surface area contributed by atoms with Crippen LogP contribution in [0.2, 0.25) is 0 Å². The summed E-state index contributed by atoms with van der Waals surface area (Å²) < 4.78 is 5.66. The first-order valence-corrected chi connectivity index (χ1v) is 8.73. The zero-order valence-corrected chi connectivity index (χ0v) is 13.7. The Balaban J connectivity index is 1.47. The van der Waals surface area contributed by atoms with E-state index in [0.717, 1.165) is 58.7 Å². The molecule has 3 aliphatic rings. The van der Waals surface area contributed by atoms with Crippen molar-refractivity contribution in [1.82, 2.24) is 20.4 Å². The Morgan fingerprint density at radius 2 is 1.91 bits per heavy atom. The fourth-order valence-corrected chi connectivity index (χ4v) is 3.81. The molecule has 126 valence electrons. The molecule has 0 aromatic rings. The SMILES string of the molecule is CN1CCN([C@H]2COC[C@@H]2NC(=O)CC2CCNCC2)CC1. The van der Waals surface area contributed by atoms with Crippen molar-refractivity contribution in [2.24, 2.45) is 5.92 Å². The number of piperazine rings is 1. The van der Waals surface area contributed by atoms with Gasteiger partial charge in [-0.15, -0.1) is 0 Å². The summed E-state index contributed by atoms with van der Waals surface area (Å²) in [7, 11) is 2.17. The topological polar surface area (TPSA) is 56.8 Å². The second-order valence-corrected chi connectivity index (χ2v) is 7.02. The van der Waals surface area contributed by atoms with Gasteiger partial charge < -0.3 is 20.3 Å². The van der Waals surface area contributed by atoms with Crippen molar-refractivity contribution in [3.63, 3.8) is 0 Å². The van der Waals surface area contributed by atoms with E-state index in [1.54, 1.807) is 0 Å². The molecule has 22 heavy (non-hydrogen) atoms. The lowest BCUT2D eigenvalue weighted by Crippen LogP contribution is -2.56.